The molecule has 1 N–H and O–H groups in total. The fraction of sp³-hybridized carbons (Fsp3) is 0.615. The van der Waals surface area contributed by atoms with Gasteiger partial charge in [0.2, 0.25) is 5.91 Å². The van der Waals surface area contributed by atoms with Crippen LogP contribution in [0.5, 0.6) is 0 Å². The minimum Gasteiger partial charge on any atom is -0.395 e. The maximum absolute atomic E-state index is 12.2. The van der Waals surface area contributed by atoms with Crippen molar-refractivity contribution in [3.63, 3.8) is 0 Å². The number of hydrogen-bond donors (Lipinski definition) is 1. The largest absolute Gasteiger partial charge is 0.395 e. The van der Waals surface area contributed by atoms with Crippen LogP contribution in [0.1, 0.15) is 23.8 Å². The maximum Gasteiger partial charge on any atom is 0.237 e. The van der Waals surface area contributed by atoms with E-state index in [0.29, 0.717) is 13.1 Å². The van der Waals surface area contributed by atoms with E-state index in [1.165, 1.54) is 4.88 Å². The van der Waals surface area contributed by atoms with E-state index in [9.17, 15) is 4.79 Å². The van der Waals surface area contributed by atoms with Gasteiger partial charge in [-0.15, -0.1) is 11.3 Å². The number of aliphatic hydroxyl groups is 1. The summed E-state index contributed by atoms with van der Waals surface area (Å²) in [5.74, 6) is 0.168. The Hall–Kier alpha value is -0.910. The molecule has 100 valence electrons. The van der Waals surface area contributed by atoms with Gasteiger partial charge in [0.25, 0.3) is 0 Å². The van der Waals surface area contributed by atoms with Gasteiger partial charge in [-0.25, -0.2) is 0 Å². The molecule has 0 saturated carbocycles. The number of likely N-dealkylation sites (tertiary alicyclic amines) is 1. The summed E-state index contributed by atoms with van der Waals surface area (Å²) in [6, 6.07) is 4.41. The molecule has 18 heavy (non-hydrogen) atoms. The summed E-state index contributed by atoms with van der Waals surface area (Å²) < 4.78 is 0. The molecule has 1 aromatic rings. The summed E-state index contributed by atoms with van der Waals surface area (Å²) in [5, 5.41) is 10.9. The van der Waals surface area contributed by atoms with Crippen LogP contribution < -0.4 is 0 Å². The predicted octanol–water partition coefficient (Wildman–Crippen LogP) is 1.34. The van der Waals surface area contributed by atoms with Crippen LogP contribution in [0.4, 0.5) is 0 Å². The zero-order valence-corrected chi connectivity index (χ0v) is 11.5. The smallest absolute Gasteiger partial charge is 0.237 e. The summed E-state index contributed by atoms with van der Waals surface area (Å²) in [6.45, 7) is 1.89. The minimum absolute atomic E-state index is 0.0954. The van der Waals surface area contributed by atoms with Crippen LogP contribution in [-0.2, 0) is 4.79 Å². The maximum atomic E-state index is 12.2. The van der Waals surface area contributed by atoms with Crippen molar-refractivity contribution in [2.24, 2.45) is 0 Å². The fourth-order valence-corrected chi connectivity index (χ4v) is 3.29. The van der Waals surface area contributed by atoms with Crippen LogP contribution in [-0.4, -0.2) is 54.1 Å². The molecule has 1 unspecified atom stereocenters. The monoisotopic (exact) mass is 268 g/mol. The quantitative estimate of drug-likeness (QED) is 0.876. The third-order valence-corrected chi connectivity index (χ3v) is 4.31. The van der Waals surface area contributed by atoms with Crippen molar-refractivity contribution in [1.29, 1.82) is 0 Å². The highest BCUT2D eigenvalue weighted by Gasteiger charge is 2.30. The van der Waals surface area contributed by atoms with Crippen molar-refractivity contribution >= 4 is 17.2 Å². The number of thiophene rings is 1. The van der Waals surface area contributed by atoms with Crippen molar-refractivity contribution in [1.82, 2.24) is 9.80 Å². The lowest BCUT2D eigenvalue weighted by Crippen LogP contribution is -2.39. The molecule has 0 aromatic carbocycles. The van der Waals surface area contributed by atoms with Gasteiger partial charge in [0, 0.05) is 18.0 Å². The fourth-order valence-electron chi connectivity index (χ4n) is 2.41. The number of amides is 1. The van der Waals surface area contributed by atoms with Crippen LogP contribution in [0.15, 0.2) is 17.5 Å². The number of hydrogen-bond acceptors (Lipinski definition) is 4. The summed E-state index contributed by atoms with van der Waals surface area (Å²) in [5.41, 5.74) is 0. The second-order valence-electron chi connectivity index (χ2n) is 4.72. The molecule has 1 atom stereocenters. The molecule has 1 aliphatic heterocycles. The normalized spacial score (nSPS) is 19.7. The van der Waals surface area contributed by atoms with E-state index in [0.717, 1.165) is 19.4 Å². The Labute approximate surface area is 112 Å². The Morgan fingerprint density at radius 1 is 1.67 bits per heavy atom. The molecular weight excluding hydrogens is 248 g/mol. The van der Waals surface area contributed by atoms with E-state index in [4.69, 9.17) is 5.11 Å². The van der Waals surface area contributed by atoms with Crippen molar-refractivity contribution in [3.05, 3.63) is 22.4 Å². The Morgan fingerprint density at radius 3 is 3.17 bits per heavy atom. The molecule has 1 aliphatic rings. The van der Waals surface area contributed by atoms with Gasteiger partial charge in [-0.2, -0.15) is 0 Å². The van der Waals surface area contributed by atoms with Gasteiger partial charge in [-0.05, 0) is 31.3 Å². The number of likely N-dealkylation sites (N-methyl/N-ethyl adjacent to an activating group) is 1. The minimum atomic E-state index is 0.0954. The molecule has 0 aliphatic carbocycles. The highest BCUT2D eigenvalue weighted by Crippen LogP contribution is 2.34. The number of carbonyl (C=O) groups excluding carboxylic acids is 1. The van der Waals surface area contributed by atoms with Crippen molar-refractivity contribution in [2.75, 3.05) is 33.3 Å². The summed E-state index contributed by atoms with van der Waals surface area (Å²) in [4.78, 5) is 17.4. The average Bonchev–Trinajstić information content (AvgIpc) is 3.00. The van der Waals surface area contributed by atoms with E-state index in [2.05, 4.69) is 11.4 Å². The van der Waals surface area contributed by atoms with Crippen molar-refractivity contribution in [2.45, 2.75) is 18.9 Å². The first kappa shape index (κ1) is 13.5. The molecule has 0 radical (unpaired) electrons. The standard InChI is InChI=1S/C13H20N2O2S/c1-14(7-8-16)10-13(17)15-6-2-4-11(15)12-5-3-9-18-12/h3,5,9,11,16H,2,4,6-8,10H2,1H3. The molecule has 0 spiro atoms. The van der Waals surface area contributed by atoms with Gasteiger partial charge in [0.1, 0.15) is 0 Å². The lowest BCUT2D eigenvalue weighted by Gasteiger charge is -2.26. The van der Waals surface area contributed by atoms with Gasteiger partial charge in [0.15, 0.2) is 0 Å². The van der Waals surface area contributed by atoms with Gasteiger partial charge in [0.05, 0.1) is 19.2 Å². The first-order chi connectivity index (χ1) is 8.72. The van der Waals surface area contributed by atoms with Crippen LogP contribution in [0.25, 0.3) is 0 Å². The Bertz CT molecular complexity index is 380. The van der Waals surface area contributed by atoms with Gasteiger partial charge >= 0.3 is 0 Å². The highest BCUT2D eigenvalue weighted by molar-refractivity contribution is 7.10. The molecule has 4 nitrogen and oxygen atoms in total. The number of nitrogens with zero attached hydrogens (tertiary/aromatic N) is 2. The molecular formula is C13H20N2O2S. The molecule has 2 heterocycles. The van der Waals surface area contributed by atoms with Crippen molar-refractivity contribution in [3.8, 4) is 0 Å². The second kappa shape index (κ2) is 6.31. The molecule has 1 amide bonds. The van der Waals surface area contributed by atoms with Crippen LogP contribution >= 0.6 is 11.3 Å². The highest BCUT2D eigenvalue weighted by atomic mass is 32.1. The van der Waals surface area contributed by atoms with E-state index < -0.39 is 0 Å². The first-order valence-corrected chi connectivity index (χ1v) is 7.22. The van der Waals surface area contributed by atoms with E-state index >= 15 is 0 Å². The molecule has 0 bridgehead atoms. The Morgan fingerprint density at radius 2 is 2.50 bits per heavy atom. The number of rotatable bonds is 5. The van der Waals surface area contributed by atoms with E-state index in [1.807, 2.05) is 22.9 Å². The van der Waals surface area contributed by atoms with Gasteiger partial charge < -0.3 is 10.0 Å². The van der Waals surface area contributed by atoms with E-state index in [-0.39, 0.29) is 18.6 Å². The lowest BCUT2D eigenvalue weighted by atomic mass is 10.2. The SMILES string of the molecule is CN(CCO)CC(=O)N1CCCC1c1cccs1. The summed E-state index contributed by atoms with van der Waals surface area (Å²) >= 11 is 1.72. The topological polar surface area (TPSA) is 43.8 Å². The summed E-state index contributed by atoms with van der Waals surface area (Å²) in [6.07, 6.45) is 2.15. The molecule has 1 aromatic heterocycles. The molecule has 2 rings (SSSR count). The van der Waals surface area contributed by atoms with E-state index in [1.54, 1.807) is 11.3 Å². The molecule has 1 fully saturated rings. The second-order valence-corrected chi connectivity index (χ2v) is 5.70. The van der Waals surface area contributed by atoms with Crippen molar-refractivity contribution < 1.29 is 9.90 Å². The van der Waals surface area contributed by atoms with Crippen LogP contribution in [0, 0.1) is 0 Å². The third kappa shape index (κ3) is 3.10. The van der Waals surface area contributed by atoms with Gasteiger partial charge in [-0.3, -0.25) is 9.69 Å². The van der Waals surface area contributed by atoms with Crippen LogP contribution in [0.3, 0.4) is 0 Å². The molecule has 1 saturated heterocycles. The van der Waals surface area contributed by atoms with Gasteiger partial charge in [-0.1, -0.05) is 6.07 Å². The lowest BCUT2D eigenvalue weighted by molar-refractivity contribution is -0.133. The zero-order chi connectivity index (χ0) is 13.0. The Kier molecular flexibility index (Phi) is 4.74. The summed E-state index contributed by atoms with van der Waals surface area (Å²) in [7, 11) is 1.87. The van der Waals surface area contributed by atoms with Crippen LogP contribution in [0.2, 0.25) is 0 Å². The molecule has 5 heteroatoms. The number of carbonyl (C=O) groups is 1. The zero-order valence-electron chi connectivity index (χ0n) is 10.7. The third-order valence-electron chi connectivity index (χ3n) is 3.33. The first-order valence-electron chi connectivity index (χ1n) is 6.34. The number of aliphatic hydroxyl groups excluding tert-OH is 1. The predicted molar refractivity (Wildman–Crippen MR) is 72.6 cm³/mol. The average molecular weight is 268 g/mol. The Balaban J connectivity index is 1.97.